The molecule has 0 aliphatic heterocycles. The number of aliphatic carboxylic acids is 1. The highest BCUT2D eigenvalue weighted by Crippen LogP contribution is 2.05. The van der Waals surface area contributed by atoms with Crippen LogP contribution in [-0.2, 0) is 4.79 Å². The number of nitrogens with one attached hydrogen (secondary N) is 2. The number of carboxylic acid groups (broad SMARTS) is 1. The third-order valence-corrected chi connectivity index (χ3v) is 2.50. The molecule has 1 unspecified atom stereocenters. The Bertz CT molecular complexity index is 391. The summed E-state index contributed by atoms with van der Waals surface area (Å²) in [5.41, 5.74) is 0. The van der Waals surface area contributed by atoms with Crippen molar-refractivity contribution in [1.82, 2.24) is 20.2 Å². The molecule has 7 nitrogen and oxygen atoms in total. The van der Waals surface area contributed by atoms with Gasteiger partial charge < -0.3 is 20.3 Å². The van der Waals surface area contributed by atoms with E-state index >= 15 is 0 Å². The topological polar surface area (TPSA) is 98.3 Å². The molecule has 1 aromatic heterocycles. The molecule has 0 saturated heterocycles. The van der Waals surface area contributed by atoms with E-state index in [1.807, 2.05) is 6.92 Å². The number of rotatable bonds is 6. The lowest BCUT2D eigenvalue weighted by molar-refractivity contribution is -0.137. The summed E-state index contributed by atoms with van der Waals surface area (Å²) in [5.74, 6) is -0.171. The summed E-state index contributed by atoms with van der Waals surface area (Å²) in [7, 11) is 1.63. The van der Waals surface area contributed by atoms with Crippen molar-refractivity contribution in [3.63, 3.8) is 0 Å². The van der Waals surface area contributed by atoms with Crippen LogP contribution in [0, 0.1) is 0 Å². The second-order valence-corrected chi connectivity index (χ2v) is 4.06. The molecule has 1 heterocycles. The number of hydrogen-bond donors (Lipinski definition) is 3. The average Bonchev–Trinajstić information content (AvgIpc) is 2.81. The van der Waals surface area contributed by atoms with Crippen LogP contribution in [-0.4, -0.2) is 45.6 Å². The number of aromatic amines is 1. The monoisotopic (exact) mass is 254 g/mol. The van der Waals surface area contributed by atoms with E-state index in [0.717, 1.165) is 0 Å². The molecule has 100 valence electrons. The van der Waals surface area contributed by atoms with E-state index in [1.165, 1.54) is 4.90 Å². The lowest BCUT2D eigenvalue weighted by Gasteiger charge is -2.20. The van der Waals surface area contributed by atoms with E-state index in [9.17, 15) is 9.59 Å². The summed E-state index contributed by atoms with van der Waals surface area (Å²) < 4.78 is 0. The standard InChI is InChI=1S/C11H18N4O3/c1-8(10-12-5-6-13-10)14-11(18)15(2)7-3-4-9(16)17/h5-6,8H,3-4,7H2,1-2H3,(H,12,13)(H,14,18)(H,16,17). The Labute approximate surface area is 105 Å². The minimum absolute atomic E-state index is 0.0609. The molecule has 0 aliphatic carbocycles. The number of carbonyl (C=O) groups is 2. The number of H-pyrrole nitrogens is 1. The largest absolute Gasteiger partial charge is 0.481 e. The predicted molar refractivity (Wildman–Crippen MR) is 65.0 cm³/mol. The van der Waals surface area contributed by atoms with Gasteiger partial charge in [-0.15, -0.1) is 0 Å². The van der Waals surface area contributed by atoms with Gasteiger partial charge in [0, 0.05) is 32.4 Å². The minimum atomic E-state index is -0.854. The Morgan fingerprint density at radius 1 is 1.61 bits per heavy atom. The van der Waals surface area contributed by atoms with Gasteiger partial charge in [-0.2, -0.15) is 0 Å². The molecule has 2 amide bonds. The number of hydrogen-bond acceptors (Lipinski definition) is 3. The Morgan fingerprint density at radius 2 is 2.33 bits per heavy atom. The first kappa shape index (κ1) is 14.0. The van der Waals surface area contributed by atoms with Crippen molar-refractivity contribution in [1.29, 1.82) is 0 Å². The molecule has 1 atom stereocenters. The van der Waals surface area contributed by atoms with E-state index in [4.69, 9.17) is 5.11 Å². The molecule has 0 fully saturated rings. The summed E-state index contributed by atoms with van der Waals surface area (Å²) >= 11 is 0. The molecular formula is C11H18N4O3. The average molecular weight is 254 g/mol. The number of carbonyl (C=O) groups excluding carboxylic acids is 1. The van der Waals surface area contributed by atoms with Gasteiger partial charge in [0.1, 0.15) is 5.82 Å². The van der Waals surface area contributed by atoms with Gasteiger partial charge in [-0.3, -0.25) is 4.79 Å². The highest BCUT2D eigenvalue weighted by Gasteiger charge is 2.14. The Hall–Kier alpha value is -2.05. The van der Waals surface area contributed by atoms with Gasteiger partial charge in [0.2, 0.25) is 0 Å². The van der Waals surface area contributed by atoms with Gasteiger partial charge in [-0.1, -0.05) is 0 Å². The zero-order valence-electron chi connectivity index (χ0n) is 10.5. The maximum atomic E-state index is 11.8. The van der Waals surface area contributed by atoms with Gasteiger partial charge >= 0.3 is 12.0 Å². The molecule has 0 spiro atoms. The van der Waals surface area contributed by atoms with Crippen molar-refractivity contribution >= 4 is 12.0 Å². The third-order valence-electron chi connectivity index (χ3n) is 2.50. The number of urea groups is 1. The maximum absolute atomic E-state index is 11.8. The quantitative estimate of drug-likeness (QED) is 0.704. The molecule has 0 saturated carbocycles. The Balaban J connectivity index is 2.33. The molecule has 7 heteroatoms. The van der Waals surface area contributed by atoms with E-state index in [1.54, 1.807) is 19.4 Å². The summed E-state index contributed by atoms with van der Waals surface area (Å²) in [5, 5.41) is 11.3. The number of aromatic nitrogens is 2. The van der Waals surface area contributed by atoms with Gasteiger partial charge in [0.15, 0.2) is 0 Å². The lowest BCUT2D eigenvalue weighted by Crippen LogP contribution is -2.39. The predicted octanol–water partition coefficient (Wildman–Crippen LogP) is 0.977. The molecular weight excluding hydrogens is 236 g/mol. The van der Waals surface area contributed by atoms with Crippen molar-refractivity contribution in [3.05, 3.63) is 18.2 Å². The maximum Gasteiger partial charge on any atom is 0.317 e. The Morgan fingerprint density at radius 3 is 2.89 bits per heavy atom. The van der Waals surface area contributed by atoms with Gasteiger partial charge in [0.25, 0.3) is 0 Å². The zero-order chi connectivity index (χ0) is 13.5. The fourth-order valence-electron chi connectivity index (χ4n) is 1.45. The SMILES string of the molecule is CC(NC(=O)N(C)CCCC(=O)O)c1ncc[nH]1. The van der Waals surface area contributed by atoms with Gasteiger partial charge in [-0.05, 0) is 13.3 Å². The van der Waals surface area contributed by atoms with Crippen LogP contribution in [0.5, 0.6) is 0 Å². The first-order valence-corrected chi connectivity index (χ1v) is 5.73. The Kier molecular flexibility index (Phi) is 5.16. The van der Waals surface area contributed by atoms with Crippen LogP contribution in [0.25, 0.3) is 0 Å². The van der Waals surface area contributed by atoms with E-state index < -0.39 is 5.97 Å². The molecule has 0 bridgehead atoms. The molecule has 0 aromatic carbocycles. The number of nitrogens with zero attached hydrogens (tertiary/aromatic N) is 2. The van der Waals surface area contributed by atoms with Crippen LogP contribution in [0.2, 0.25) is 0 Å². The number of carboxylic acids is 1. The molecule has 0 radical (unpaired) electrons. The molecule has 1 rings (SSSR count). The lowest BCUT2D eigenvalue weighted by atomic mass is 10.3. The van der Waals surface area contributed by atoms with Crippen molar-refractivity contribution in [2.45, 2.75) is 25.8 Å². The summed E-state index contributed by atoms with van der Waals surface area (Å²) in [6.45, 7) is 2.23. The van der Waals surface area contributed by atoms with Crippen molar-refractivity contribution in [3.8, 4) is 0 Å². The van der Waals surface area contributed by atoms with Crippen LogP contribution in [0.4, 0.5) is 4.79 Å². The van der Waals surface area contributed by atoms with Crippen LogP contribution in [0.15, 0.2) is 12.4 Å². The fourth-order valence-corrected chi connectivity index (χ4v) is 1.45. The molecule has 0 aliphatic rings. The minimum Gasteiger partial charge on any atom is -0.481 e. The van der Waals surface area contributed by atoms with Crippen LogP contribution < -0.4 is 5.32 Å². The highest BCUT2D eigenvalue weighted by molar-refractivity contribution is 5.74. The molecule has 1 aromatic rings. The van der Waals surface area contributed by atoms with Crippen LogP contribution in [0.3, 0.4) is 0 Å². The van der Waals surface area contributed by atoms with Crippen LogP contribution >= 0.6 is 0 Å². The van der Waals surface area contributed by atoms with E-state index in [0.29, 0.717) is 18.8 Å². The second-order valence-electron chi connectivity index (χ2n) is 4.06. The fraction of sp³-hybridized carbons (Fsp3) is 0.545. The number of imidazole rings is 1. The molecule has 18 heavy (non-hydrogen) atoms. The summed E-state index contributed by atoms with van der Waals surface area (Å²) in [6.07, 6.45) is 3.81. The normalized spacial score (nSPS) is 11.9. The van der Waals surface area contributed by atoms with Crippen LogP contribution in [0.1, 0.15) is 31.6 Å². The number of amides is 2. The van der Waals surface area contributed by atoms with Gasteiger partial charge in [0.05, 0.1) is 6.04 Å². The summed E-state index contributed by atoms with van der Waals surface area (Å²) in [4.78, 5) is 30.5. The zero-order valence-corrected chi connectivity index (χ0v) is 10.5. The van der Waals surface area contributed by atoms with Crippen molar-refractivity contribution < 1.29 is 14.7 Å². The van der Waals surface area contributed by atoms with E-state index in [2.05, 4.69) is 15.3 Å². The smallest absolute Gasteiger partial charge is 0.317 e. The first-order valence-electron chi connectivity index (χ1n) is 5.73. The van der Waals surface area contributed by atoms with E-state index in [-0.39, 0.29) is 18.5 Å². The molecule has 3 N–H and O–H groups in total. The first-order chi connectivity index (χ1) is 8.50. The van der Waals surface area contributed by atoms with Crippen molar-refractivity contribution in [2.24, 2.45) is 0 Å². The van der Waals surface area contributed by atoms with Gasteiger partial charge in [-0.25, -0.2) is 9.78 Å². The highest BCUT2D eigenvalue weighted by atomic mass is 16.4. The van der Waals surface area contributed by atoms with Crippen molar-refractivity contribution in [2.75, 3.05) is 13.6 Å². The summed E-state index contributed by atoms with van der Waals surface area (Å²) in [6, 6.07) is -0.460. The third kappa shape index (κ3) is 4.44. The second kappa shape index (κ2) is 6.63.